The predicted octanol–water partition coefficient (Wildman–Crippen LogP) is 0.863. The molecule has 1 aliphatic heterocycles. The number of hydrogen-bond donors (Lipinski definition) is 1. The van der Waals surface area contributed by atoms with Crippen LogP contribution in [0.5, 0.6) is 0 Å². The van der Waals surface area contributed by atoms with E-state index >= 15 is 0 Å². The summed E-state index contributed by atoms with van der Waals surface area (Å²) in [6.07, 6.45) is 0. The van der Waals surface area contributed by atoms with Crippen LogP contribution in [0, 0.1) is 0 Å². The highest BCUT2D eigenvalue weighted by atomic mass is 16.5. The summed E-state index contributed by atoms with van der Waals surface area (Å²) in [4.78, 5) is 25.3. The van der Waals surface area contributed by atoms with Crippen LogP contribution in [0.3, 0.4) is 0 Å². The molecule has 2 aromatic carbocycles. The minimum atomic E-state index is -0.439. The third kappa shape index (κ3) is 2.13. The first-order valence-corrected chi connectivity index (χ1v) is 6.25. The van der Waals surface area contributed by atoms with Gasteiger partial charge in [-0.1, -0.05) is 18.2 Å². The molecule has 0 atom stereocenters. The van der Waals surface area contributed by atoms with Crippen molar-refractivity contribution in [2.24, 2.45) is 0 Å². The zero-order chi connectivity index (χ0) is 13.2. The molecule has 5 nitrogen and oxygen atoms in total. The molecule has 0 unspecified atom stereocenters. The fourth-order valence-electron chi connectivity index (χ4n) is 2.25. The second-order valence-corrected chi connectivity index (χ2v) is 4.47. The molecule has 1 N–H and O–H groups in total. The highest BCUT2D eigenvalue weighted by Gasteiger charge is 2.27. The van der Waals surface area contributed by atoms with E-state index in [4.69, 9.17) is 4.74 Å². The Morgan fingerprint density at radius 3 is 2.37 bits per heavy atom. The van der Waals surface area contributed by atoms with Crippen molar-refractivity contribution in [3.8, 4) is 0 Å². The number of nitrogens with one attached hydrogen (secondary N) is 1. The summed E-state index contributed by atoms with van der Waals surface area (Å²) >= 11 is 0. The summed E-state index contributed by atoms with van der Waals surface area (Å²) < 4.78 is 5.25. The normalized spacial score (nSPS) is 15.7. The lowest BCUT2D eigenvalue weighted by atomic mass is 10.1. The van der Waals surface area contributed by atoms with Gasteiger partial charge in [0.15, 0.2) is 0 Å². The number of anilines is 3. The Kier molecular flexibility index (Phi) is 3.05. The summed E-state index contributed by atoms with van der Waals surface area (Å²) in [5.74, 6) is 0. The Morgan fingerprint density at radius 2 is 1.68 bits per heavy atom. The molecule has 0 bridgehead atoms. The first-order chi connectivity index (χ1) is 9.27. The molecule has 0 saturated carbocycles. The van der Waals surface area contributed by atoms with Crippen LogP contribution in [0.15, 0.2) is 39.9 Å². The molecule has 0 amide bonds. The van der Waals surface area contributed by atoms with Crippen LogP contribution in [-0.4, -0.2) is 26.3 Å². The topological polar surface area (TPSA) is 58.6 Å². The van der Waals surface area contributed by atoms with Gasteiger partial charge in [0.05, 0.1) is 13.2 Å². The molecule has 1 heterocycles. The Balaban J connectivity index is 1.88. The number of ether oxygens (including phenoxy) is 1. The average Bonchev–Trinajstić information content (AvgIpc) is 2.48. The first kappa shape index (κ1) is 11.9. The van der Waals surface area contributed by atoms with Gasteiger partial charge in [0.1, 0.15) is 11.4 Å². The van der Waals surface area contributed by atoms with Gasteiger partial charge >= 0.3 is 0 Å². The van der Waals surface area contributed by atoms with Gasteiger partial charge in [0.2, 0.25) is 0 Å². The number of nitrogens with zero attached hydrogens (tertiary/aromatic N) is 1. The molecule has 1 fully saturated rings. The van der Waals surface area contributed by atoms with Crippen molar-refractivity contribution < 1.29 is 4.74 Å². The minimum Gasteiger partial charge on any atom is -0.378 e. The van der Waals surface area contributed by atoms with Gasteiger partial charge in [-0.2, -0.15) is 0 Å². The van der Waals surface area contributed by atoms with Crippen molar-refractivity contribution in [2.75, 3.05) is 36.5 Å². The van der Waals surface area contributed by atoms with E-state index in [1.165, 1.54) is 0 Å². The lowest BCUT2D eigenvalue weighted by Gasteiger charge is -2.30. The standard InChI is InChI=1S/C14H14N2O3/c17-13-11(15-10-4-2-1-3-5-10)12(14(13)18)16-6-8-19-9-7-16/h1-5,15H,6-9H2. The maximum absolute atomic E-state index is 11.7. The lowest BCUT2D eigenvalue weighted by Crippen LogP contribution is -2.46. The van der Waals surface area contributed by atoms with E-state index in [9.17, 15) is 9.59 Å². The van der Waals surface area contributed by atoms with Gasteiger partial charge in [-0.05, 0) is 12.1 Å². The SMILES string of the molecule is O=c1c(Nc2ccccc2)c(N2CCOCC2)c1=O. The van der Waals surface area contributed by atoms with Gasteiger partial charge in [-0.25, -0.2) is 0 Å². The van der Waals surface area contributed by atoms with Crippen LogP contribution in [0.4, 0.5) is 17.1 Å². The molecule has 0 aromatic heterocycles. The molecule has 0 spiro atoms. The third-order valence-corrected chi connectivity index (χ3v) is 3.26. The van der Waals surface area contributed by atoms with Gasteiger partial charge in [-0.15, -0.1) is 0 Å². The molecule has 2 aromatic rings. The smallest absolute Gasteiger partial charge is 0.253 e. The van der Waals surface area contributed by atoms with Crippen molar-refractivity contribution >= 4 is 17.1 Å². The van der Waals surface area contributed by atoms with Crippen LogP contribution >= 0.6 is 0 Å². The second-order valence-electron chi connectivity index (χ2n) is 4.47. The summed E-state index contributed by atoms with van der Waals surface area (Å²) in [6, 6.07) is 9.38. The van der Waals surface area contributed by atoms with Crippen LogP contribution in [0.1, 0.15) is 0 Å². The van der Waals surface area contributed by atoms with E-state index in [1.807, 2.05) is 35.2 Å². The van der Waals surface area contributed by atoms with Gasteiger partial charge in [0.25, 0.3) is 10.9 Å². The monoisotopic (exact) mass is 258 g/mol. The highest BCUT2D eigenvalue weighted by molar-refractivity contribution is 5.79. The Bertz CT molecular complexity index is 638. The molecular weight excluding hydrogens is 244 g/mol. The van der Waals surface area contributed by atoms with Crippen molar-refractivity contribution in [2.45, 2.75) is 0 Å². The largest absolute Gasteiger partial charge is 0.378 e. The molecule has 1 aliphatic rings. The van der Waals surface area contributed by atoms with Gasteiger partial charge in [0, 0.05) is 18.8 Å². The van der Waals surface area contributed by atoms with Crippen LogP contribution in [0.25, 0.3) is 0 Å². The van der Waals surface area contributed by atoms with Crippen molar-refractivity contribution in [1.29, 1.82) is 0 Å². The molecule has 3 rings (SSSR count). The number of benzene rings is 1. The molecule has 0 aliphatic carbocycles. The van der Waals surface area contributed by atoms with Crippen molar-refractivity contribution in [3.63, 3.8) is 0 Å². The average molecular weight is 258 g/mol. The first-order valence-electron chi connectivity index (χ1n) is 6.25. The summed E-state index contributed by atoms with van der Waals surface area (Å²) in [5, 5.41) is 3.03. The number of hydrogen-bond acceptors (Lipinski definition) is 5. The molecule has 98 valence electrons. The molecule has 5 heteroatoms. The summed E-state index contributed by atoms with van der Waals surface area (Å²) in [6.45, 7) is 2.47. The molecule has 0 radical (unpaired) electrons. The van der Waals surface area contributed by atoms with Crippen LogP contribution < -0.4 is 21.1 Å². The van der Waals surface area contributed by atoms with Crippen molar-refractivity contribution in [1.82, 2.24) is 0 Å². The third-order valence-electron chi connectivity index (χ3n) is 3.26. The quantitative estimate of drug-likeness (QED) is 0.828. The van der Waals surface area contributed by atoms with E-state index in [1.54, 1.807) is 0 Å². The van der Waals surface area contributed by atoms with Crippen LogP contribution in [0.2, 0.25) is 0 Å². The minimum absolute atomic E-state index is 0.401. The van der Waals surface area contributed by atoms with E-state index in [2.05, 4.69) is 5.32 Å². The molecule has 1 saturated heterocycles. The zero-order valence-electron chi connectivity index (χ0n) is 10.4. The Labute approximate surface area is 110 Å². The van der Waals surface area contributed by atoms with E-state index in [0.717, 1.165) is 5.69 Å². The highest BCUT2D eigenvalue weighted by Crippen LogP contribution is 2.24. The Morgan fingerprint density at radius 1 is 1.00 bits per heavy atom. The fraction of sp³-hybridized carbons (Fsp3) is 0.286. The fourth-order valence-corrected chi connectivity index (χ4v) is 2.25. The number of rotatable bonds is 3. The lowest BCUT2D eigenvalue weighted by molar-refractivity contribution is 0.122. The zero-order valence-corrected chi connectivity index (χ0v) is 10.4. The number of morpholine rings is 1. The Hall–Kier alpha value is -2.14. The van der Waals surface area contributed by atoms with Crippen LogP contribution in [-0.2, 0) is 4.74 Å². The second kappa shape index (κ2) is 4.85. The molecular formula is C14H14N2O3. The van der Waals surface area contributed by atoms with Crippen molar-refractivity contribution in [3.05, 3.63) is 50.8 Å². The maximum atomic E-state index is 11.7. The van der Waals surface area contributed by atoms with E-state index in [0.29, 0.717) is 37.7 Å². The van der Waals surface area contributed by atoms with Gasteiger partial charge < -0.3 is 15.0 Å². The summed E-state index contributed by atoms with van der Waals surface area (Å²) in [5.41, 5.74) is 0.866. The van der Waals surface area contributed by atoms with E-state index in [-0.39, 0.29) is 0 Å². The van der Waals surface area contributed by atoms with E-state index < -0.39 is 10.9 Å². The number of para-hydroxylation sites is 1. The maximum Gasteiger partial charge on any atom is 0.253 e. The predicted molar refractivity (Wildman–Crippen MR) is 74.1 cm³/mol. The molecule has 19 heavy (non-hydrogen) atoms. The summed E-state index contributed by atoms with van der Waals surface area (Å²) in [7, 11) is 0. The van der Waals surface area contributed by atoms with Gasteiger partial charge in [-0.3, -0.25) is 9.59 Å².